The molecule has 2 N–H and O–H groups in total. The number of likely N-dealkylation sites (tertiary alicyclic amines) is 1. The molecule has 2 aromatic rings. The van der Waals surface area contributed by atoms with E-state index in [-0.39, 0.29) is 29.9 Å². The monoisotopic (exact) mass is 506 g/mol. The molecule has 1 fully saturated rings. The van der Waals surface area contributed by atoms with Gasteiger partial charge in [0.2, 0.25) is 0 Å². The highest BCUT2D eigenvalue weighted by Gasteiger charge is 2.17. The van der Waals surface area contributed by atoms with Gasteiger partial charge >= 0.3 is 0 Å². The van der Waals surface area contributed by atoms with Gasteiger partial charge in [-0.15, -0.1) is 24.0 Å². The van der Waals surface area contributed by atoms with Gasteiger partial charge in [0.1, 0.15) is 0 Å². The summed E-state index contributed by atoms with van der Waals surface area (Å²) in [7, 11) is 1.77. The molecule has 1 aliphatic heterocycles. The van der Waals surface area contributed by atoms with E-state index in [0.29, 0.717) is 6.54 Å². The van der Waals surface area contributed by atoms with E-state index in [1.54, 1.807) is 7.05 Å². The number of hydrogen-bond acceptors (Lipinski definition) is 2. The molecular weight excluding hydrogens is 475 g/mol. The van der Waals surface area contributed by atoms with E-state index in [4.69, 9.17) is 0 Å². The van der Waals surface area contributed by atoms with E-state index in [0.717, 1.165) is 49.6 Å². The van der Waals surface area contributed by atoms with Crippen molar-refractivity contribution >= 4 is 35.8 Å². The molecule has 156 valence electrons. The van der Waals surface area contributed by atoms with Crippen molar-refractivity contribution in [1.29, 1.82) is 0 Å². The van der Waals surface area contributed by atoms with Crippen molar-refractivity contribution in [1.82, 2.24) is 15.5 Å². The number of nitrogens with zero attached hydrogens (tertiary/aromatic N) is 2. The number of halogens is 1. The second kappa shape index (κ2) is 11.8. The summed E-state index contributed by atoms with van der Waals surface area (Å²) in [6.07, 6.45) is 3.46. The lowest BCUT2D eigenvalue weighted by Crippen LogP contribution is -2.36. The average Bonchev–Trinajstić information content (AvgIpc) is 2.74. The molecular formula is C23H31IN4O. The Morgan fingerprint density at radius 1 is 0.966 bits per heavy atom. The molecule has 0 bridgehead atoms. The number of aryl methyl sites for hydroxylation is 1. The first-order valence-corrected chi connectivity index (χ1v) is 10.0. The van der Waals surface area contributed by atoms with Crippen LogP contribution >= 0.6 is 24.0 Å². The van der Waals surface area contributed by atoms with Gasteiger partial charge in [0, 0.05) is 38.8 Å². The fraction of sp³-hybridized carbons (Fsp3) is 0.391. The number of carbonyl (C=O) groups excluding carboxylic acids is 1. The Morgan fingerprint density at radius 2 is 1.62 bits per heavy atom. The lowest BCUT2D eigenvalue weighted by atomic mass is 10.1. The van der Waals surface area contributed by atoms with Crippen LogP contribution in [0.3, 0.4) is 0 Å². The zero-order chi connectivity index (χ0) is 19.8. The molecule has 1 heterocycles. The van der Waals surface area contributed by atoms with Crippen LogP contribution in [-0.4, -0.2) is 36.9 Å². The summed E-state index contributed by atoms with van der Waals surface area (Å²) in [6.45, 7) is 5.24. The first-order valence-electron chi connectivity index (χ1n) is 10.0. The average molecular weight is 506 g/mol. The first kappa shape index (κ1) is 23.2. The highest BCUT2D eigenvalue weighted by molar-refractivity contribution is 14.0. The van der Waals surface area contributed by atoms with E-state index in [2.05, 4.69) is 46.8 Å². The third kappa shape index (κ3) is 7.03. The number of hydrogen-bond donors (Lipinski definition) is 2. The topological polar surface area (TPSA) is 56.7 Å². The second-order valence-corrected chi connectivity index (χ2v) is 7.32. The van der Waals surface area contributed by atoms with Crippen molar-refractivity contribution in [3.8, 4) is 0 Å². The standard InChI is InChI=1S/C23H30N4O.HI/c1-18-7-6-8-20(15-18)17-26-23(24-2)25-16-19-9-11-21(12-10-19)22(28)27-13-4-3-5-14-27;/h6-12,15H,3-5,13-14,16-17H2,1-2H3,(H2,24,25,26);1H. The van der Waals surface area contributed by atoms with E-state index in [1.165, 1.54) is 17.5 Å². The summed E-state index contributed by atoms with van der Waals surface area (Å²) < 4.78 is 0. The van der Waals surface area contributed by atoms with Gasteiger partial charge in [0.15, 0.2) is 5.96 Å². The summed E-state index contributed by atoms with van der Waals surface area (Å²) in [5.74, 6) is 0.907. The number of nitrogens with one attached hydrogen (secondary N) is 2. The highest BCUT2D eigenvalue weighted by atomic mass is 127. The lowest BCUT2D eigenvalue weighted by molar-refractivity contribution is 0.0724. The highest BCUT2D eigenvalue weighted by Crippen LogP contribution is 2.14. The molecule has 0 unspecified atom stereocenters. The van der Waals surface area contributed by atoms with Crippen molar-refractivity contribution in [2.45, 2.75) is 39.3 Å². The summed E-state index contributed by atoms with van der Waals surface area (Å²) in [5, 5.41) is 6.66. The van der Waals surface area contributed by atoms with Crippen LogP contribution < -0.4 is 10.6 Å². The van der Waals surface area contributed by atoms with Crippen LogP contribution in [0.2, 0.25) is 0 Å². The van der Waals surface area contributed by atoms with Gasteiger partial charge < -0.3 is 15.5 Å². The lowest BCUT2D eigenvalue weighted by Gasteiger charge is -2.26. The zero-order valence-corrected chi connectivity index (χ0v) is 19.6. The summed E-state index contributed by atoms with van der Waals surface area (Å²) >= 11 is 0. The van der Waals surface area contributed by atoms with Gasteiger partial charge in [-0.1, -0.05) is 42.0 Å². The van der Waals surface area contributed by atoms with Gasteiger partial charge in [-0.25, -0.2) is 0 Å². The minimum absolute atomic E-state index is 0. The van der Waals surface area contributed by atoms with E-state index in [9.17, 15) is 4.79 Å². The molecule has 0 atom stereocenters. The predicted molar refractivity (Wildman–Crippen MR) is 130 cm³/mol. The fourth-order valence-corrected chi connectivity index (χ4v) is 3.46. The molecule has 3 rings (SSSR count). The van der Waals surface area contributed by atoms with Crippen LogP contribution in [0.1, 0.15) is 46.3 Å². The van der Waals surface area contributed by atoms with E-state index < -0.39 is 0 Å². The van der Waals surface area contributed by atoms with Crippen LogP contribution in [0.15, 0.2) is 53.5 Å². The summed E-state index contributed by atoms with van der Waals surface area (Å²) in [6, 6.07) is 16.3. The Labute approximate surface area is 191 Å². The zero-order valence-electron chi connectivity index (χ0n) is 17.3. The largest absolute Gasteiger partial charge is 0.352 e. The van der Waals surface area contributed by atoms with E-state index >= 15 is 0 Å². The number of amides is 1. The fourth-order valence-electron chi connectivity index (χ4n) is 3.46. The molecule has 2 aromatic carbocycles. The first-order chi connectivity index (χ1) is 13.7. The van der Waals surface area contributed by atoms with Crippen LogP contribution in [0.4, 0.5) is 0 Å². The third-order valence-corrected chi connectivity index (χ3v) is 5.07. The number of piperidine rings is 1. The molecule has 0 aromatic heterocycles. The van der Waals surface area contributed by atoms with Gasteiger partial charge in [0.05, 0.1) is 0 Å². The smallest absolute Gasteiger partial charge is 0.253 e. The van der Waals surface area contributed by atoms with Gasteiger partial charge in [-0.3, -0.25) is 9.79 Å². The number of aliphatic imine (C=N–C) groups is 1. The van der Waals surface area contributed by atoms with Gasteiger partial charge in [0.25, 0.3) is 5.91 Å². The van der Waals surface area contributed by atoms with E-state index in [1.807, 2.05) is 29.2 Å². The third-order valence-electron chi connectivity index (χ3n) is 5.07. The molecule has 0 radical (unpaired) electrons. The Morgan fingerprint density at radius 3 is 2.24 bits per heavy atom. The maximum Gasteiger partial charge on any atom is 0.253 e. The minimum Gasteiger partial charge on any atom is -0.352 e. The van der Waals surface area contributed by atoms with Crippen molar-refractivity contribution in [2.24, 2.45) is 4.99 Å². The maximum absolute atomic E-state index is 12.5. The summed E-state index contributed by atoms with van der Waals surface area (Å²) in [5.41, 5.74) is 4.37. The minimum atomic E-state index is 0. The molecule has 29 heavy (non-hydrogen) atoms. The van der Waals surface area contributed by atoms with Crippen LogP contribution in [-0.2, 0) is 13.1 Å². The normalized spacial score (nSPS) is 14.1. The van der Waals surface area contributed by atoms with Crippen molar-refractivity contribution in [2.75, 3.05) is 20.1 Å². The molecule has 1 aliphatic rings. The molecule has 0 spiro atoms. The SMILES string of the molecule is CN=C(NCc1ccc(C(=O)N2CCCCC2)cc1)NCc1cccc(C)c1.I. The predicted octanol–water partition coefficient (Wildman–Crippen LogP) is 4.10. The maximum atomic E-state index is 12.5. The van der Waals surface area contributed by atoms with Gasteiger partial charge in [-0.2, -0.15) is 0 Å². The number of rotatable bonds is 5. The molecule has 1 amide bonds. The number of guanidine groups is 1. The van der Waals surface area contributed by atoms with Crippen LogP contribution in [0, 0.1) is 6.92 Å². The quantitative estimate of drug-likeness (QED) is 0.365. The Bertz CT molecular complexity index is 814. The second-order valence-electron chi connectivity index (χ2n) is 7.32. The Hall–Kier alpha value is -2.09. The van der Waals surface area contributed by atoms with Crippen molar-refractivity contribution in [3.63, 3.8) is 0 Å². The van der Waals surface area contributed by atoms with Crippen molar-refractivity contribution in [3.05, 3.63) is 70.8 Å². The molecule has 5 nitrogen and oxygen atoms in total. The number of carbonyl (C=O) groups is 1. The van der Waals surface area contributed by atoms with Crippen molar-refractivity contribution < 1.29 is 4.79 Å². The molecule has 0 saturated carbocycles. The van der Waals surface area contributed by atoms with Gasteiger partial charge in [-0.05, 0) is 49.4 Å². The Kier molecular flexibility index (Phi) is 9.44. The molecule has 0 aliphatic carbocycles. The Balaban J connectivity index is 0.00000300. The molecule has 6 heteroatoms. The van der Waals surface area contributed by atoms with Crippen LogP contribution in [0.25, 0.3) is 0 Å². The molecule has 1 saturated heterocycles. The number of benzene rings is 2. The summed E-state index contributed by atoms with van der Waals surface area (Å²) in [4.78, 5) is 18.8. The van der Waals surface area contributed by atoms with Crippen LogP contribution in [0.5, 0.6) is 0 Å².